The number of aliphatic hydroxyl groups is 1. The number of methoxy groups -OCH3 is 1. The molecule has 0 aliphatic carbocycles. The van der Waals surface area contributed by atoms with E-state index < -0.39 is 6.10 Å². The van der Waals surface area contributed by atoms with Crippen molar-refractivity contribution in [1.29, 1.82) is 0 Å². The average molecular weight is 274 g/mol. The molecule has 0 aromatic rings. The fourth-order valence-electron chi connectivity index (χ4n) is 2.53. The van der Waals surface area contributed by atoms with Crippen LogP contribution >= 0.6 is 0 Å². The molecule has 1 heterocycles. The van der Waals surface area contributed by atoms with Crippen LogP contribution in [0.4, 0.5) is 0 Å². The molecule has 2 unspecified atom stereocenters. The lowest BCUT2D eigenvalue weighted by molar-refractivity contribution is -0.0107. The van der Waals surface area contributed by atoms with E-state index in [1.165, 1.54) is 19.3 Å². The highest BCUT2D eigenvalue weighted by Crippen LogP contribution is 2.16. The van der Waals surface area contributed by atoms with Gasteiger partial charge in [-0.3, -0.25) is 4.90 Å². The molecule has 0 aromatic carbocycles. The van der Waals surface area contributed by atoms with Crippen molar-refractivity contribution in [3.8, 4) is 0 Å². The number of hydrogen-bond donors (Lipinski definition) is 2. The minimum atomic E-state index is -0.404. The summed E-state index contributed by atoms with van der Waals surface area (Å²) in [5.74, 6) is 0. The smallest absolute Gasteiger partial charge is 0.0900 e. The standard InChI is InChI=1S/C14H30N2O3/c1-3-15-10-13-6-4-5-7-16(13)11-14(17)12-19-9-8-18-2/h13-15,17H,3-12H2,1-2H3. The van der Waals surface area contributed by atoms with Crippen molar-refractivity contribution >= 4 is 0 Å². The molecule has 19 heavy (non-hydrogen) atoms. The summed E-state index contributed by atoms with van der Waals surface area (Å²) in [6.07, 6.45) is 3.36. The van der Waals surface area contributed by atoms with Crippen molar-refractivity contribution in [3.05, 3.63) is 0 Å². The highest BCUT2D eigenvalue weighted by molar-refractivity contribution is 4.80. The molecule has 0 bridgehead atoms. The van der Waals surface area contributed by atoms with Crippen LogP contribution in [0, 0.1) is 0 Å². The molecule has 0 amide bonds. The molecule has 0 aromatic heterocycles. The Hall–Kier alpha value is -0.200. The maximum Gasteiger partial charge on any atom is 0.0900 e. The van der Waals surface area contributed by atoms with Gasteiger partial charge in [0, 0.05) is 26.2 Å². The molecule has 5 nitrogen and oxygen atoms in total. The first kappa shape index (κ1) is 16.9. The van der Waals surface area contributed by atoms with E-state index in [1.54, 1.807) is 7.11 Å². The van der Waals surface area contributed by atoms with Crippen molar-refractivity contribution in [2.45, 2.75) is 38.3 Å². The summed E-state index contributed by atoms with van der Waals surface area (Å²) in [6.45, 7) is 7.49. The normalized spacial score (nSPS) is 22.6. The Balaban J connectivity index is 2.22. The monoisotopic (exact) mass is 274 g/mol. The van der Waals surface area contributed by atoms with Gasteiger partial charge in [0.2, 0.25) is 0 Å². The summed E-state index contributed by atoms with van der Waals surface area (Å²) in [5.41, 5.74) is 0. The number of aliphatic hydroxyl groups excluding tert-OH is 1. The summed E-state index contributed by atoms with van der Waals surface area (Å²) in [5, 5.41) is 13.4. The molecular weight excluding hydrogens is 244 g/mol. The molecule has 0 saturated carbocycles. The lowest BCUT2D eigenvalue weighted by atomic mass is 10.0. The zero-order valence-corrected chi connectivity index (χ0v) is 12.4. The minimum Gasteiger partial charge on any atom is -0.389 e. The van der Waals surface area contributed by atoms with Gasteiger partial charge in [-0.05, 0) is 25.9 Å². The van der Waals surface area contributed by atoms with Crippen molar-refractivity contribution < 1.29 is 14.6 Å². The zero-order chi connectivity index (χ0) is 13.9. The van der Waals surface area contributed by atoms with E-state index in [4.69, 9.17) is 9.47 Å². The van der Waals surface area contributed by atoms with Crippen molar-refractivity contribution in [2.24, 2.45) is 0 Å². The fraction of sp³-hybridized carbons (Fsp3) is 1.00. The second kappa shape index (κ2) is 10.6. The van der Waals surface area contributed by atoms with E-state index in [0.29, 0.717) is 32.4 Å². The largest absolute Gasteiger partial charge is 0.389 e. The summed E-state index contributed by atoms with van der Waals surface area (Å²) in [7, 11) is 1.65. The predicted octanol–water partition coefficient (Wildman–Crippen LogP) is 0.474. The molecule has 2 atom stereocenters. The third-order valence-corrected chi connectivity index (χ3v) is 3.57. The van der Waals surface area contributed by atoms with Crippen LogP contribution in [0.15, 0.2) is 0 Å². The molecule has 1 fully saturated rings. The Labute approximate surface area is 117 Å². The van der Waals surface area contributed by atoms with E-state index in [9.17, 15) is 5.11 Å². The number of likely N-dealkylation sites (N-methyl/N-ethyl adjacent to an activating group) is 1. The van der Waals surface area contributed by atoms with Crippen LogP contribution in [0.2, 0.25) is 0 Å². The van der Waals surface area contributed by atoms with Gasteiger partial charge in [-0.15, -0.1) is 0 Å². The second-order valence-electron chi connectivity index (χ2n) is 5.17. The van der Waals surface area contributed by atoms with E-state index in [1.807, 2.05) is 0 Å². The minimum absolute atomic E-state index is 0.397. The van der Waals surface area contributed by atoms with E-state index in [-0.39, 0.29) is 0 Å². The summed E-state index contributed by atoms with van der Waals surface area (Å²) in [4.78, 5) is 2.40. The van der Waals surface area contributed by atoms with Crippen LogP contribution in [0.5, 0.6) is 0 Å². The Bertz CT molecular complexity index is 217. The number of likely N-dealkylation sites (tertiary alicyclic amines) is 1. The quantitative estimate of drug-likeness (QED) is 0.567. The van der Waals surface area contributed by atoms with Gasteiger partial charge in [0.25, 0.3) is 0 Å². The van der Waals surface area contributed by atoms with Gasteiger partial charge < -0.3 is 19.9 Å². The lowest BCUT2D eigenvalue weighted by Crippen LogP contribution is -2.49. The van der Waals surface area contributed by atoms with Crippen molar-refractivity contribution in [2.75, 3.05) is 53.1 Å². The number of piperidine rings is 1. The Kier molecular flexibility index (Phi) is 9.38. The Morgan fingerprint density at radius 1 is 1.37 bits per heavy atom. The summed E-state index contributed by atoms with van der Waals surface area (Å²) in [6, 6.07) is 0.558. The second-order valence-corrected chi connectivity index (χ2v) is 5.17. The third-order valence-electron chi connectivity index (χ3n) is 3.57. The number of hydrogen-bond acceptors (Lipinski definition) is 5. The fourth-order valence-corrected chi connectivity index (χ4v) is 2.53. The van der Waals surface area contributed by atoms with Gasteiger partial charge in [-0.25, -0.2) is 0 Å². The number of nitrogens with zero attached hydrogens (tertiary/aromatic N) is 1. The first-order valence-corrected chi connectivity index (χ1v) is 7.47. The van der Waals surface area contributed by atoms with Gasteiger partial charge in [0.15, 0.2) is 0 Å². The molecule has 1 aliphatic rings. The van der Waals surface area contributed by atoms with Gasteiger partial charge >= 0.3 is 0 Å². The molecule has 0 spiro atoms. The topological polar surface area (TPSA) is 54.0 Å². The number of ether oxygens (including phenoxy) is 2. The molecule has 2 N–H and O–H groups in total. The van der Waals surface area contributed by atoms with E-state index >= 15 is 0 Å². The van der Waals surface area contributed by atoms with E-state index in [0.717, 1.165) is 19.6 Å². The van der Waals surface area contributed by atoms with Gasteiger partial charge in [0.05, 0.1) is 25.9 Å². The highest BCUT2D eigenvalue weighted by Gasteiger charge is 2.23. The molecule has 1 rings (SSSR count). The van der Waals surface area contributed by atoms with Crippen molar-refractivity contribution in [3.63, 3.8) is 0 Å². The third kappa shape index (κ3) is 7.22. The van der Waals surface area contributed by atoms with Crippen LogP contribution in [0.3, 0.4) is 0 Å². The molecule has 5 heteroatoms. The first-order valence-electron chi connectivity index (χ1n) is 7.47. The SMILES string of the molecule is CCNCC1CCCCN1CC(O)COCCOC. The van der Waals surface area contributed by atoms with Gasteiger partial charge in [-0.1, -0.05) is 13.3 Å². The zero-order valence-electron chi connectivity index (χ0n) is 12.4. The lowest BCUT2D eigenvalue weighted by Gasteiger charge is -2.37. The predicted molar refractivity (Wildman–Crippen MR) is 76.5 cm³/mol. The summed E-state index contributed by atoms with van der Waals surface area (Å²) >= 11 is 0. The molecule has 1 aliphatic heterocycles. The summed E-state index contributed by atoms with van der Waals surface area (Å²) < 4.78 is 10.3. The van der Waals surface area contributed by atoms with Crippen LogP contribution in [0.1, 0.15) is 26.2 Å². The first-order chi connectivity index (χ1) is 9.27. The molecule has 0 radical (unpaired) electrons. The van der Waals surface area contributed by atoms with Crippen LogP contribution in [0.25, 0.3) is 0 Å². The maximum absolute atomic E-state index is 10.0. The van der Waals surface area contributed by atoms with Gasteiger partial charge in [0.1, 0.15) is 0 Å². The highest BCUT2D eigenvalue weighted by atomic mass is 16.5. The van der Waals surface area contributed by atoms with Crippen LogP contribution < -0.4 is 5.32 Å². The van der Waals surface area contributed by atoms with Crippen molar-refractivity contribution in [1.82, 2.24) is 10.2 Å². The molecule has 114 valence electrons. The molecular formula is C14H30N2O3. The number of rotatable bonds is 10. The number of nitrogens with one attached hydrogen (secondary N) is 1. The van der Waals surface area contributed by atoms with E-state index in [2.05, 4.69) is 17.1 Å². The van der Waals surface area contributed by atoms with Crippen LogP contribution in [-0.2, 0) is 9.47 Å². The average Bonchev–Trinajstić information content (AvgIpc) is 2.43. The Morgan fingerprint density at radius 2 is 2.21 bits per heavy atom. The van der Waals surface area contributed by atoms with Crippen LogP contribution in [-0.4, -0.2) is 75.3 Å². The maximum atomic E-state index is 10.0. The van der Waals surface area contributed by atoms with Gasteiger partial charge in [-0.2, -0.15) is 0 Å². The Morgan fingerprint density at radius 3 is 2.95 bits per heavy atom. The number of β-amino-alcohol motifs (C(OH)–C–C–N with tert-alkyl or cyclic N) is 1. The molecule has 1 saturated heterocycles.